The van der Waals surface area contributed by atoms with Crippen molar-refractivity contribution in [2.45, 2.75) is 47.0 Å². The second-order valence-electron chi connectivity index (χ2n) is 6.44. The zero-order valence-electron chi connectivity index (χ0n) is 10.2. The van der Waals surface area contributed by atoms with Gasteiger partial charge in [0.1, 0.15) is 0 Å². The lowest BCUT2D eigenvalue weighted by atomic mass is 9.91. The summed E-state index contributed by atoms with van der Waals surface area (Å²) in [6.45, 7) is 12.3. The van der Waals surface area contributed by atoms with E-state index in [-0.39, 0.29) is 0 Å². The van der Waals surface area contributed by atoms with Gasteiger partial charge < -0.3 is 5.32 Å². The second kappa shape index (κ2) is 3.23. The van der Waals surface area contributed by atoms with Crippen LogP contribution in [0.15, 0.2) is 0 Å². The summed E-state index contributed by atoms with van der Waals surface area (Å²) in [7, 11) is 0. The molecule has 1 unspecified atom stereocenters. The van der Waals surface area contributed by atoms with Crippen LogP contribution in [0.4, 0.5) is 0 Å². The molecular weight excluding hydrogens is 170 g/mol. The van der Waals surface area contributed by atoms with Gasteiger partial charge in [0.2, 0.25) is 0 Å². The minimum Gasteiger partial charge on any atom is -0.316 e. The van der Waals surface area contributed by atoms with Crippen LogP contribution in [-0.2, 0) is 0 Å². The number of hydrogen-bond donors (Lipinski definition) is 1. The Morgan fingerprint density at radius 3 is 2.21 bits per heavy atom. The van der Waals surface area contributed by atoms with E-state index < -0.39 is 0 Å². The summed E-state index contributed by atoms with van der Waals surface area (Å²) in [6, 6.07) is 0. The molecule has 1 saturated carbocycles. The van der Waals surface area contributed by atoms with Gasteiger partial charge in [0, 0.05) is 0 Å². The Bertz CT molecular complexity index is 197. The van der Waals surface area contributed by atoms with Crippen LogP contribution < -0.4 is 5.32 Å². The Balaban J connectivity index is 1.87. The van der Waals surface area contributed by atoms with Crippen LogP contribution in [0, 0.1) is 22.7 Å². The molecule has 1 saturated heterocycles. The summed E-state index contributed by atoms with van der Waals surface area (Å²) in [4.78, 5) is 0. The monoisotopic (exact) mass is 195 g/mol. The van der Waals surface area contributed by atoms with E-state index in [0.29, 0.717) is 10.8 Å². The van der Waals surface area contributed by atoms with Crippen LogP contribution >= 0.6 is 0 Å². The van der Waals surface area contributed by atoms with E-state index in [9.17, 15) is 0 Å². The molecule has 2 fully saturated rings. The van der Waals surface area contributed by atoms with E-state index in [1.54, 1.807) is 0 Å². The lowest BCUT2D eigenvalue weighted by molar-refractivity contribution is 0.322. The van der Waals surface area contributed by atoms with Gasteiger partial charge in [-0.1, -0.05) is 27.7 Å². The molecule has 0 aromatic rings. The van der Waals surface area contributed by atoms with Crippen molar-refractivity contribution in [1.29, 1.82) is 0 Å². The molecule has 1 N–H and O–H groups in total. The first kappa shape index (κ1) is 10.5. The van der Waals surface area contributed by atoms with Gasteiger partial charge in [-0.25, -0.2) is 0 Å². The highest BCUT2D eigenvalue weighted by Gasteiger charge is 2.64. The van der Waals surface area contributed by atoms with E-state index in [4.69, 9.17) is 0 Å². The molecule has 1 atom stereocenters. The Morgan fingerprint density at radius 1 is 1.14 bits per heavy atom. The Morgan fingerprint density at radius 2 is 1.79 bits per heavy atom. The van der Waals surface area contributed by atoms with Crippen LogP contribution in [-0.4, -0.2) is 13.1 Å². The van der Waals surface area contributed by atoms with Crippen molar-refractivity contribution >= 4 is 0 Å². The molecule has 2 aliphatic rings. The molecule has 1 nitrogen and oxygen atoms in total. The molecule has 1 heteroatoms. The van der Waals surface area contributed by atoms with Crippen molar-refractivity contribution < 1.29 is 0 Å². The zero-order chi connectivity index (χ0) is 10.4. The number of piperidine rings is 1. The van der Waals surface area contributed by atoms with Gasteiger partial charge in [0.05, 0.1) is 0 Å². The minimum atomic E-state index is 0.588. The van der Waals surface area contributed by atoms with E-state index >= 15 is 0 Å². The highest BCUT2D eigenvalue weighted by molar-refractivity contribution is 5.12. The highest BCUT2D eigenvalue weighted by atomic mass is 14.9. The standard InChI is InChI=1S/C13H25N/c1-12(2)11(13(12,3)4)8-10-6-5-7-14-9-10/h10-11,14H,5-9H2,1-4H3. The molecule has 14 heavy (non-hydrogen) atoms. The zero-order valence-corrected chi connectivity index (χ0v) is 10.2. The lowest BCUT2D eigenvalue weighted by Crippen LogP contribution is -2.30. The fourth-order valence-electron chi connectivity index (χ4n) is 3.38. The molecule has 0 aromatic carbocycles. The van der Waals surface area contributed by atoms with Crippen molar-refractivity contribution in [3.8, 4) is 0 Å². The van der Waals surface area contributed by atoms with Crippen molar-refractivity contribution in [2.75, 3.05) is 13.1 Å². The van der Waals surface area contributed by atoms with Crippen molar-refractivity contribution in [2.24, 2.45) is 22.7 Å². The summed E-state index contributed by atoms with van der Waals surface area (Å²) in [6.07, 6.45) is 4.29. The summed E-state index contributed by atoms with van der Waals surface area (Å²) in [5.41, 5.74) is 1.18. The van der Waals surface area contributed by atoms with Gasteiger partial charge in [-0.3, -0.25) is 0 Å². The third kappa shape index (κ3) is 1.50. The van der Waals surface area contributed by atoms with Gasteiger partial charge in [0.15, 0.2) is 0 Å². The molecule has 1 aliphatic heterocycles. The molecule has 0 radical (unpaired) electrons. The van der Waals surface area contributed by atoms with Gasteiger partial charge in [0.25, 0.3) is 0 Å². The maximum atomic E-state index is 3.52. The highest BCUT2D eigenvalue weighted by Crippen LogP contribution is 2.70. The van der Waals surface area contributed by atoms with E-state index in [0.717, 1.165) is 11.8 Å². The molecule has 2 rings (SSSR count). The largest absolute Gasteiger partial charge is 0.316 e. The first-order chi connectivity index (χ1) is 6.46. The fraction of sp³-hybridized carbons (Fsp3) is 1.00. The van der Waals surface area contributed by atoms with Crippen molar-refractivity contribution in [3.63, 3.8) is 0 Å². The molecular formula is C13H25N. The fourth-order valence-corrected chi connectivity index (χ4v) is 3.38. The molecule has 0 bridgehead atoms. The molecule has 1 aliphatic carbocycles. The van der Waals surface area contributed by atoms with Gasteiger partial charge in [-0.15, -0.1) is 0 Å². The first-order valence-corrected chi connectivity index (χ1v) is 6.17. The molecule has 1 heterocycles. The summed E-state index contributed by atoms with van der Waals surface area (Å²) < 4.78 is 0. The van der Waals surface area contributed by atoms with E-state index in [1.165, 1.54) is 32.4 Å². The van der Waals surface area contributed by atoms with Crippen LogP contribution in [0.25, 0.3) is 0 Å². The van der Waals surface area contributed by atoms with E-state index in [2.05, 4.69) is 33.0 Å². The third-order valence-electron chi connectivity index (χ3n) is 5.29. The topological polar surface area (TPSA) is 12.0 Å². The smallest absolute Gasteiger partial charge is 0.00204 e. The maximum absolute atomic E-state index is 3.52. The number of nitrogens with one attached hydrogen (secondary N) is 1. The van der Waals surface area contributed by atoms with Crippen LogP contribution in [0.2, 0.25) is 0 Å². The summed E-state index contributed by atoms with van der Waals surface area (Å²) in [5.74, 6) is 1.91. The Labute approximate surface area is 88.7 Å². The van der Waals surface area contributed by atoms with Gasteiger partial charge in [-0.05, 0) is 55.0 Å². The van der Waals surface area contributed by atoms with E-state index in [1.807, 2.05) is 0 Å². The Kier molecular flexibility index (Phi) is 2.42. The number of hydrogen-bond acceptors (Lipinski definition) is 1. The number of rotatable bonds is 2. The van der Waals surface area contributed by atoms with Gasteiger partial charge >= 0.3 is 0 Å². The molecule has 0 amide bonds. The average Bonchev–Trinajstić information content (AvgIpc) is 2.50. The van der Waals surface area contributed by atoms with Crippen LogP contribution in [0.1, 0.15) is 47.0 Å². The predicted molar refractivity (Wildman–Crippen MR) is 61.3 cm³/mol. The summed E-state index contributed by atoms with van der Waals surface area (Å²) >= 11 is 0. The first-order valence-electron chi connectivity index (χ1n) is 6.17. The van der Waals surface area contributed by atoms with Crippen molar-refractivity contribution in [1.82, 2.24) is 5.32 Å². The van der Waals surface area contributed by atoms with Crippen LogP contribution in [0.3, 0.4) is 0 Å². The van der Waals surface area contributed by atoms with Crippen molar-refractivity contribution in [3.05, 3.63) is 0 Å². The third-order valence-corrected chi connectivity index (χ3v) is 5.29. The van der Waals surface area contributed by atoms with Gasteiger partial charge in [-0.2, -0.15) is 0 Å². The minimum absolute atomic E-state index is 0.588. The normalized spacial score (nSPS) is 35.6. The van der Waals surface area contributed by atoms with Crippen LogP contribution in [0.5, 0.6) is 0 Å². The predicted octanol–water partition coefficient (Wildman–Crippen LogP) is 3.06. The molecule has 0 spiro atoms. The summed E-state index contributed by atoms with van der Waals surface area (Å²) in [5, 5.41) is 3.52. The average molecular weight is 195 g/mol. The molecule has 0 aromatic heterocycles. The second-order valence-corrected chi connectivity index (χ2v) is 6.44. The Hall–Kier alpha value is -0.0400. The SMILES string of the molecule is CC1(C)C(CC2CCCNC2)C1(C)C. The lowest BCUT2D eigenvalue weighted by Gasteiger charge is -2.23. The molecule has 82 valence electrons. The maximum Gasteiger partial charge on any atom is -0.00204 e. The quantitative estimate of drug-likeness (QED) is 0.714.